The smallest absolute Gasteiger partial charge is 0.279 e. The molecule has 1 aliphatic rings. The highest BCUT2D eigenvalue weighted by atomic mass is 32.2. The average molecular weight is 451 g/mol. The number of thiophene rings is 1. The van der Waals surface area contributed by atoms with Gasteiger partial charge in [0.2, 0.25) is 15.9 Å². The Bertz CT molecular complexity index is 1060. The molecule has 0 radical (unpaired) electrons. The van der Waals surface area contributed by atoms with Crippen molar-refractivity contribution in [3.05, 3.63) is 45.6 Å². The van der Waals surface area contributed by atoms with Gasteiger partial charge in [0, 0.05) is 24.5 Å². The fourth-order valence-corrected chi connectivity index (χ4v) is 5.33. The molecule has 0 aliphatic heterocycles. The van der Waals surface area contributed by atoms with Crippen molar-refractivity contribution in [2.45, 2.75) is 31.1 Å². The van der Waals surface area contributed by atoms with Crippen LogP contribution in [0.3, 0.4) is 0 Å². The monoisotopic (exact) mass is 450 g/mol. The number of fused-ring (bicyclic) bond motifs is 1. The number of sulfonamides is 1. The quantitative estimate of drug-likeness (QED) is 0.572. The Morgan fingerprint density at radius 2 is 1.80 bits per heavy atom. The van der Waals surface area contributed by atoms with Crippen molar-refractivity contribution < 1.29 is 22.8 Å². The summed E-state index contributed by atoms with van der Waals surface area (Å²) in [5.74, 6) is -1.37. The molecule has 3 amide bonds. The van der Waals surface area contributed by atoms with Crippen LogP contribution in [0.5, 0.6) is 0 Å². The van der Waals surface area contributed by atoms with Crippen LogP contribution >= 0.6 is 11.3 Å². The van der Waals surface area contributed by atoms with Crippen molar-refractivity contribution in [3.63, 3.8) is 0 Å². The first-order valence-electron chi connectivity index (χ1n) is 9.21. The zero-order valence-corrected chi connectivity index (χ0v) is 18.2. The van der Waals surface area contributed by atoms with E-state index in [2.05, 4.69) is 16.2 Å². The molecule has 1 aliphatic carbocycles. The number of hydrogen-bond acceptors (Lipinski definition) is 6. The summed E-state index contributed by atoms with van der Waals surface area (Å²) < 4.78 is 26.1. The predicted molar refractivity (Wildman–Crippen MR) is 113 cm³/mol. The number of rotatable bonds is 6. The lowest BCUT2D eigenvalue weighted by molar-refractivity contribution is -0.121. The fourth-order valence-electron chi connectivity index (χ4n) is 3.05. The van der Waals surface area contributed by atoms with Gasteiger partial charge in [0.1, 0.15) is 0 Å². The Morgan fingerprint density at radius 3 is 2.43 bits per heavy atom. The number of aryl methyl sites for hydroxylation is 2. The van der Waals surface area contributed by atoms with Crippen LogP contribution in [0.15, 0.2) is 35.2 Å². The van der Waals surface area contributed by atoms with Gasteiger partial charge in [0.05, 0.1) is 16.3 Å². The maximum atomic E-state index is 12.6. The third-order valence-corrected chi connectivity index (χ3v) is 7.59. The first-order chi connectivity index (χ1) is 14.2. The van der Waals surface area contributed by atoms with Crippen molar-refractivity contribution in [1.29, 1.82) is 0 Å². The first-order valence-corrected chi connectivity index (χ1v) is 11.5. The highest BCUT2D eigenvalue weighted by molar-refractivity contribution is 7.89. The summed E-state index contributed by atoms with van der Waals surface area (Å²) in [7, 11) is -2.65. The topological polar surface area (TPSA) is 125 Å². The lowest BCUT2D eigenvalue weighted by atomic mass is 10.2. The molecular weight excluding hydrogens is 428 g/mol. The highest BCUT2D eigenvalue weighted by Crippen LogP contribution is 2.30. The largest absolute Gasteiger partial charge is 0.326 e. The molecule has 1 aromatic carbocycles. The molecule has 1 aromatic heterocycles. The van der Waals surface area contributed by atoms with Crippen LogP contribution in [0.25, 0.3) is 0 Å². The molecule has 0 saturated carbocycles. The molecule has 1 heterocycles. The van der Waals surface area contributed by atoms with Crippen molar-refractivity contribution in [3.8, 4) is 0 Å². The van der Waals surface area contributed by atoms with Crippen molar-refractivity contribution in [2.24, 2.45) is 0 Å². The molecule has 0 unspecified atom stereocenters. The third-order valence-electron chi connectivity index (χ3n) is 4.53. The van der Waals surface area contributed by atoms with E-state index in [1.54, 1.807) is 0 Å². The summed E-state index contributed by atoms with van der Waals surface area (Å²) in [5, 5.41) is 2.55. The maximum absolute atomic E-state index is 12.6. The third kappa shape index (κ3) is 5.04. The van der Waals surface area contributed by atoms with E-state index in [4.69, 9.17) is 0 Å². The summed E-state index contributed by atoms with van der Waals surface area (Å²) in [5.41, 5.74) is 6.20. The van der Waals surface area contributed by atoms with Gasteiger partial charge in [-0.2, -0.15) is 4.31 Å². The Morgan fingerprint density at radius 1 is 1.10 bits per heavy atom. The van der Waals surface area contributed by atoms with Gasteiger partial charge < -0.3 is 5.32 Å². The summed E-state index contributed by atoms with van der Waals surface area (Å²) in [6.45, 7) is 0.873. The van der Waals surface area contributed by atoms with E-state index in [1.165, 1.54) is 60.0 Å². The number of carbonyl (C=O) groups is 3. The van der Waals surface area contributed by atoms with Crippen molar-refractivity contribution >= 4 is 44.8 Å². The molecule has 3 rings (SSSR count). The predicted octanol–water partition coefficient (Wildman–Crippen LogP) is 1.28. The summed E-state index contributed by atoms with van der Waals surface area (Å²) in [6.07, 6.45) is 3.02. The molecule has 2 aromatic rings. The van der Waals surface area contributed by atoms with Gasteiger partial charge >= 0.3 is 0 Å². The summed E-state index contributed by atoms with van der Waals surface area (Å²) in [6, 6.07) is 7.43. The van der Waals surface area contributed by atoms with E-state index in [-0.39, 0.29) is 10.8 Å². The molecule has 0 saturated heterocycles. The van der Waals surface area contributed by atoms with Gasteiger partial charge in [-0.3, -0.25) is 25.2 Å². The Kier molecular flexibility index (Phi) is 6.54. The van der Waals surface area contributed by atoms with Crippen LogP contribution in [0.4, 0.5) is 5.69 Å². The second-order valence-electron chi connectivity index (χ2n) is 6.88. The number of anilines is 1. The Labute approximate surface area is 178 Å². The van der Waals surface area contributed by atoms with Crippen molar-refractivity contribution in [2.75, 3.05) is 18.9 Å². The number of nitrogens with zero attached hydrogens (tertiary/aromatic N) is 1. The fraction of sp³-hybridized carbons (Fsp3) is 0.316. The summed E-state index contributed by atoms with van der Waals surface area (Å²) in [4.78, 5) is 37.0. The van der Waals surface area contributed by atoms with Crippen LogP contribution in [-0.4, -0.2) is 44.0 Å². The summed E-state index contributed by atoms with van der Waals surface area (Å²) >= 11 is 1.41. The van der Waals surface area contributed by atoms with E-state index in [0.29, 0.717) is 10.6 Å². The Balaban J connectivity index is 1.54. The molecule has 11 heteroatoms. The lowest BCUT2D eigenvalue weighted by Gasteiger charge is -2.17. The maximum Gasteiger partial charge on any atom is 0.279 e. The van der Waals surface area contributed by atoms with Gasteiger partial charge in [0.25, 0.3) is 11.8 Å². The number of hydrazine groups is 1. The minimum Gasteiger partial charge on any atom is -0.326 e. The molecule has 0 spiro atoms. The zero-order valence-electron chi connectivity index (χ0n) is 16.5. The van der Waals surface area contributed by atoms with Gasteiger partial charge in [-0.15, -0.1) is 11.3 Å². The number of likely N-dealkylation sites (N-methyl/N-ethyl adjacent to an activating group) is 1. The van der Waals surface area contributed by atoms with Gasteiger partial charge in [0.15, 0.2) is 0 Å². The van der Waals surface area contributed by atoms with Crippen LogP contribution in [0.1, 0.15) is 33.5 Å². The molecule has 160 valence electrons. The number of amides is 3. The van der Waals surface area contributed by atoms with Gasteiger partial charge in [-0.05, 0) is 55.2 Å². The van der Waals surface area contributed by atoms with Crippen LogP contribution in [0.2, 0.25) is 0 Å². The molecule has 9 nitrogen and oxygen atoms in total. The van der Waals surface area contributed by atoms with E-state index in [0.717, 1.165) is 23.6 Å². The molecule has 0 bridgehead atoms. The standard InChI is InChI=1S/C19H22N4O5S2/c1-12(24)20-14-6-8-15(9-7-14)30(27,28)23(2)11-18(25)21-22-19(26)17-10-13-4-3-5-16(13)29-17/h6-10H,3-5,11H2,1-2H3,(H,20,24)(H,21,25)(H,22,26). The minimum absolute atomic E-state index is 0.0240. The van der Waals surface area contributed by atoms with E-state index >= 15 is 0 Å². The molecule has 0 atom stereocenters. The molecular formula is C19H22N4O5S2. The van der Waals surface area contributed by atoms with Crippen molar-refractivity contribution in [1.82, 2.24) is 15.2 Å². The van der Waals surface area contributed by atoms with E-state index < -0.39 is 28.4 Å². The van der Waals surface area contributed by atoms with Gasteiger partial charge in [-0.25, -0.2) is 8.42 Å². The first kappa shape index (κ1) is 21.9. The van der Waals surface area contributed by atoms with E-state index in [1.807, 2.05) is 6.07 Å². The molecule has 3 N–H and O–H groups in total. The molecule has 30 heavy (non-hydrogen) atoms. The average Bonchev–Trinajstić information content (AvgIpc) is 3.28. The zero-order chi connectivity index (χ0) is 21.9. The second kappa shape index (κ2) is 8.94. The number of carbonyl (C=O) groups excluding carboxylic acids is 3. The van der Waals surface area contributed by atoms with Crippen LogP contribution < -0.4 is 16.2 Å². The number of benzene rings is 1. The normalized spacial score (nSPS) is 13.0. The highest BCUT2D eigenvalue weighted by Gasteiger charge is 2.24. The van der Waals surface area contributed by atoms with Crippen LogP contribution in [-0.2, 0) is 32.5 Å². The van der Waals surface area contributed by atoms with E-state index in [9.17, 15) is 22.8 Å². The molecule has 0 fully saturated rings. The second-order valence-corrected chi connectivity index (χ2v) is 10.1. The minimum atomic E-state index is -3.92. The number of nitrogens with one attached hydrogen (secondary N) is 3. The SMILES string of the molecule is CC(=O)Nc1ccc(S(=O)(=O)N(C)CC(=O)NNC(=O)c2cc3c(s2)CCC3)cc1. The van der Waals surface area contributed by atoms with Gasteiger partial charge in [-0.1, -0.05) is 0 Å². The number of hydrogen-bond donors (Lipinski definition) is 3. The van der Waals surface area contributed by atoms with Crippen LogP contribution in [0, 0.1) is 0 Å². The Hall–Kier alpha value is -2.76. The lowest BCUT2D eigenvalue weighted by Crippen LogP contribution is -2.46.